The molecule has 0 unspecified atom stereocenters. The van der Waals surface area contributed by atoms with Crippen LogP contribution < -0.4 is 4.90 Å². The van der Waals surface area contributed by atoms with Gasteiger partial charge in [-0.05, 0) is 58.6 Å². The van der Waals surface area contributed by atoms with Crippen molar-refractivity contribution in [2.75, 3.05) is 11.9 Å². The van der Waals surface area contributed by atoms with Gasteiger partial charge in [-0.15, -0.1) is 0 Å². The van der Waals surface area contributed by atoms with E-state index in [4.69, 9.17) is 0 Å². The van der Waals surface area contributed by atoms with Gasteiger partial charge in [0.25, 0.3) is 0 Å². The topological polar surface area (TPSA) is 33.2 Å². The third-order valence-corrected chi connectivity index (χ3v) is 3.83. The summed E-state index contributed by atoms with van der Waals surface area (Å²) in [6, 6.07) is 9.82. The van der Waals surface area contributed by atoms with E-state index < -0.39 is 0 Å². The maximum Gasteiger partial charge on any atom is 0.232 e. The number of carbonyl (C=O) groups is 1. The second kappa shape index (κ2) is 6.18. The van der Waals surface area contributed by atoms with Gasteiger partial charge in [0.05, 0.1) is 6.42 Å². The minimum Gasteiger partial charge on any atom is -0.300 e. The van der Waals surface area contributed by atoms with Crippen molar-refractivity contribution in [3.63, 3.8) is 0 Å². The Labute approximate surface area is 127 Å². The number of carbonyl (C=O) groups excluding carboxylic acids is 1. The Bertz CT molecular complexity index is 623. The van der Waals surface area contributed by atoms with Crippen molar-refractivity contribution in [3.8, 4) is 0 Å². The number of likely N-dealkylation sites (N-methyl/N-ethyl adjacent to an activating group) is 1. The number of hydrogen-bond acceptors (Lipinski definition) is 2. The molecule has 3 nitrogen and oxygen atoms in total. The number of hydrogen-bond donors (Lipinski definition) is 0. The average molecular weight is 333 g/mol. The first-order valence-electron chi connectivity index (χ1n) is 6.41. The van der Waals surface area contributed by atoms with Gasteiger partial charge < -0.3 is 0 Å². The molecule has 1 aromatic carbocycles. The first-order valence-corrected chi connectivity index (χ1v) is 7.21. The van der Waals surface area contributed by atoms with Crippen LogP contribution in [0, 0.1) is 13.8 Å². The monoisotopic (exact) mass is 332 g/mol. The lowest BCUT2D eigenvalue weighted by atomic mass is 10.0. The lowest BCUT2D eigenvalue weighted by Gasteiger charge is -2.16. The van der Waals surface area contributed by atoms with Crippen LogP contribution in [0.1, 0.15) is 16.7 Å². The number of aromatic nitrogens is 1. The molecule has 0 saturated carbocycles. The van der Waals surface area contributed by atoms with Crippen LogP contribution in [-0.4, -0.2) is 17.9 Å². The van der Waals surface area contributed by atoms with Crippen LogP contribution in [0.5, 0.6) is 0 Å². The van der Waals surface area contributed by atoms with Crippen molar-refractivity contribution in [1.82, 2.24) is 4.98 Å². The van der Waals surface area contributed by atoms with Gasteiger partial charge in [-0.3, -0.25) is 9.69 Å². The Morgan fingerprint density at radius 1 is 1.20 bits per heavy atom. The van der Waals surface area contributed by atoms with Gasteiger partial charge in [0.1, 0.15) is 5.82 Å². The number of aryl methyl sites for hydroxylation is 2. The van der Waals surface area contributed by atoms with Crippen LogP contribution in [0.4, 0.5) is 5.82 Å². The van der Waals surface area contributed by atoms with Gasteiger partial charge in [-0.25, -0.2) is 4.98 Å². The van der Waals surface area contributed by atoms with E-state index in [0.29, 0.717) is 12.2 Å². The van der Waals surface area contributed by atoms with Crippen molar-refractivity contribution in [3.05, 3.63) is 57.7 Å². The lowest BCUT2D eigenvalue weighted by molar-refractivity contribution is -0.117. The molecule has 20 heavy (non-hydrogen) atoms. The zero-order chi connectivity index (χ0) is 14.7. The fourth-order valence-corrected chi connectivity index (χ4v) is 2.14. The SMILES string of the molecule is Cc1ccc(CC(=O)N(C)c2ccc(Br)cn2)cc1C. The van der Waals surface area contributed by atoms with Crippen LogP contribution in [0.25, 0.3) is 0 Å². The normalized spacial score (nSPS) is 10.4. The Morgan fingerprint density at radius 3 is 2.55 bits per heavy atom. The van der Waals surface area contributed by atoms with Crippen molar-refractivity contribution < 1.29 is 4.79 Å². The summed E-state index contributed by atoms with van der Waals surface area (Å²) in [7, 11) is 1.75. The largest absolute Gasteiger partial charge is 0.300 e. The van der Waals surface area contributed by atoms with Gasteiger partial charge in [-0.1, -0.05) is 18.2 Å². The van der Waals surface area contributed by atoms with Gasteiger partial charge in [0.2, 0.25) is 5.91 Å². The fraction of sp³-hybridized carbons (Fsp3) is 0.250. The molecule has 1 heterocycles. The number of amides is 1. The molecular formula is C16H17BrN2O. The number of nitrogens with zero attached hydrogens (tertiary/aromatic N) is 2. The summed E-state index contributed by atoms with van der Waals surface area (Å²) in [4.78, 5) is 18.1. The van der Waals surface area contributed by atoms with Gasteiger partial charge in [-0.2, -0.15) is 0 Å². The third-order valence-electron chi connectivity index (χ3n) is 3.36. The molecule has 4 heteroatoms. The molecular weight excluding hydrogens is 316 g/mol. The Balaban J connectivity index is 2.11. The molecule has 0 fully saturated rings. The molecule has 0 aliphatic rings. The smallest absolute Gasteiger partial charge is 0.232 e. The van der Waals surface area contributed by atoms with Crippen molar-refractivity contribution in [2.24, 2.45) is 0 Å². The molecule has 1 aromatic heterocycles. The van der Waals surface area contributed by atoms with E-state index in [2.05, 4.69) is 46.9 Å². The van der Waals surface area contributed by atoms with E-state index in [1.165, 1.54) is 11.1 Å². The van der Waals surface area contributed by atoms with Crippen LogP contribution in [0.3, 0.4) is 0 Å². The number of anilines is 1. The van der Waals surface area contributed by atoms with E-state index in [1.807, 2.05) is 18.2 Å². The molecule has 0 aliphatic carbocycles. The second-order valence-corrected chi connectivity index (χ2v) is 5.80. The van der Waals surface area contributed by atoms with E-state index in [9.17, 15) is 4.79 Å². The van der Waals surface area contributed by atoms with Crippen molar-refractivity contribution >= 4 is 27.7 Å². The summed E-state index contributed by atoms with van der Waals surface area (Å²) in [5, 5.41) is 0. The Kier molecular flexibility index (Phi) is 4.55. The predicted octanol–water partition coefficient (Wildman–Crippen LogP) is 3.67. The molecule has 0 spiro atoms. The van der Waals surface area contributed by atoms with Crippen LogP contribution >= 0.6 is 15.9 Å². The number of pyridine rings is 1. The minimum atomic E-state index is 0.0306. The molecule has 104 valence electrons. The first kappa shape index (κ1) is 14.7. The number of halogens is 1. The molecule has 2 aromatic rings. The molecule has 0 aliphatic heterocycles. The highest BCUT2D eigenvalue weighted by Gasteiger charge is 2.13. The number of rotatable bonds is 3. The zero-order valence-electron chi connectivity index (χ0n) is 11.9. The van der Waals surface area contributed by atoms with E-state index >= 15 is 0 Å². The molecule has 0 saturated heterocycles. The highest BCUT2D eigenvalue weighted by molar-refractivity contribution is 9.10. The lowest BCUT2D eigenvalue weighted by Crippen LogP contribution is -2.28. The van der Waals surface area contributed by atoms with Gasteiger partial charge in [0.15, 0.2) is 0 Å². The molecule has 1 amide bonds. The summed E-state index contributed by atoms with van der Waals surface area (Å²) >= 11 is 3.33. The third kappa shape index (κ3) is 3.45. The van der Waals surface area contributed by atoms with E-state index in [-0.39, 0.29) is 5.91 Å². The predicted molar refractivity (Wildman–Crippen MR) is 85.0 cm³/mol. The maximum atomic E-state index is 12.3. The standard InChI is InChI=1S/C16H17BrN2O/c1-11-4-5-13(8-12(11)2)9-16(20)19(3)15-7-6-14(17)10-18-15/h4-8,10H,9H2,1-3H3. The minimum absolute atomic E-state index is 0.0306. The summed E-state index contributed by atoms with van der Waals surface area (Å²) < 4.78 is 0.899. The molecule has 0 N–H and O–H groups in total. The van der Waals surface area contributed by atoms with Crippen LogP contribution in [0.2, 0.25) is 0 Å². The second-order valence-electron chi connectivity index (χ2n) is 4.88. The van der Waals surface area contributed by atoms with Crippen molar-refractivity contribution in [1.29, 1.82) is 0 Å². The Hall–Kier alpha value is -1.68. The fourth-order valence-electron chi connectivity index (χ4n) is 1.90. The van der Waals surface area contributed by atoms with Gasteiger partial charge in [0, 0.05) is 17.7 Å². The van der Waals surface area contributed by atoms with E-state index in [0.717, 1.165) is 10.0 Å². The zero-order valence-corrected chi connectivity index (χ0v) is 13.4. The summed E-state index contributed by atoms with van der Waals surface area (Å²) in [5.41, 5.74) is 3.48. The summed E-state index contributed by atoms with van der Waals surface area (Å²) in [6.07, 6.45) is 2.07. The molecule has 0 radical (unpaired) electrons. The molecule has 0 bridgehead atoms. The molecule has 2 rings (SSSR count). The highest BCUT2D eigenvalue weighted by Crippen LogP contribution is 2.16. The van der Waals surface area contributed by atoms with Gasteiger partial charge >= 0.3 is 0 Å². The Morgan fingerprint density at radius 2 is 1.95 bits per heavy atom. The summed E-state index contributed by atoms with van der Waals surface area (Å²) in [5.74, 6) is 0.685. The quantitative estimate of drug-likeness (QED) is 0.859. The van der Waals surface area contributed by atoms with Crippen LogP contribution in [0.15, 0.2) is 41.0 Å². The average Bonchev–Trinajstić information content (AvgIpc) is 2.43. The summed E-state index contributed by atoms with van der Waals surface area (Å²) in [6.45, 7) is 4.13. The maximum absolute atomic E-state index is 12.3. The van der Waals surface area contributed by atoms with E-state index in [1.54, 1.807) is 18.1 Å². The number of benzene rings is 1. The molecule has 0 atom stereocenters. The first-order chi connectivity index (χ1) is 9.47. The van der Waals surface area contributed by atoms with Crippen LogP contribution in [-0.2, 0) is 11.2 Å². The van der Waals surface area contributed by atoms with Crippen molar-refractivity contribution in [2.45, 2.75) is 20.3 Å². The highest BCUT2D eigenvalue weighted by atomic mass is 79.9.